The van der Waals surface area contributed by atoms with Gasteiger partial charge < -0.3 is 24.3 Å². The smallest absolute Gasteiger partial charge is 0.307 e. The molecular formula is C29H38N4O4. The van der Waals surface area contributed by atoms with Gasteiger partial charge in [0.1, 0.15) is 11.6 Å². The zero-order chi connectivity index (χ0) is 26.4. The van der Waals surface area contributed by atoms with Crippen molar-refractivity contribution in [1.29, 1.82) is 0 Å². The van der Waals surface area contributed by atoms with Crippen molar-refractivity contribution in [2.75, 3.05) is 32.6 Å². The van der Waals surface area contributed by atoms with E-state index in [1.54, 1.807) is 26.0 Å². The van der Waals surface area contributed by atoms with E-state index in [2.05, 4.69) is 16.9 Å². The van der Waals surface area contributed by atoms with E-state index in [1.165, 1.54) is 19.3 Å². The summed E-state index contributed by atoms with van der Waals surface area (Å²) in [6.45, 7) is 2.43. The van der Waals surface area contributed by atoms with Gasteiger partial charge in [0.15, 0.2) is 0 Å². The van der Waals surface area contributed by atoms with Gasteiger partial charge in [-0.1, -0.05) is 19.3 Å². The van der Waals surface area contributed by atoms with Crippen LogP contribution in [0.1, 0.15) is 67.7 Å². The maximum atomic E-state index is 12.8. The number of anilines is 1. The second-order valence-corrected chi connectivity index (χ2v) is 9.76. The van der Waals surface area contributed by atoms with Crippen molar-refractivity contribution < 1.29 is 19.1 Å². The molecule has 1 saturated carbocycles. The second-order valence-electron chi connectivity index (χ2n) is 9.76. The highest BCUT2D eigenvalue weighted by molar-refractivity contribution is 5.94. The first-order chi connectivity index (χ1) is 17.9. The molecule has 37 heavy (non-hydrogen) atoms. The number of carbonyl (C=O) groups excluding carboxylic acids is 2. The summed E-state index contributed by atoms with van der Waals surface area (Å²) in [5, 5.41) is 3.74. The van der Waals surface area contributed by atoms with E-state index in [-0.39, 0.29) is 24.3 Å². The van der Waals surface area contributed by atoms with Crippen LogP contribution >= 0.6 is 0 Å². The number of methoxy groups -OCH3 is 1. The number of aryl methyl sites for hydroxylation is 1. The predicted molar refractivity (Wildman–Crippen MR) is 145 cm³/mol. The number of imidazole rings is 1. The van der Waals surface area contributed by atoms with Crippen LogP contribution in [0.3, 0.4) is 0 Å². The molecule has 3 aromatic rings. The number of benzene rings is 2. The molecule has 1 aromatic heterocycles. The summed E-state index contributed by atoms with van der Waals surface area (Å²) in [6.07, 6.45) is 6.24. The number of hydrogen-bond donors (Lipinski definition) is 1. The molecule has 198 valence electrons. The Kier molecular flexibility index (Phi) is 8.69. The number of nitrogens with one attached hydrogen (secondary N) is 1. The zero-order valence-electron chi connectivity index (χ0n) is 22.3. The van der Waals surface area contributed by atoms with Crippen LogP contribution in [0.2, 0.25) is 0 Å². The molecule has 1 atom stereocenters. The fourth-order valence-electron chi connectivity index (χ4n) is 5.16. The highest BCUT2D eigenvalue weighted by Gasteiger charge is 2.29. The van der Waals surface area contributed by atoms with Crippen molar-refractivity contribution >= 4 is 28.6 Å². The maximum absolute atomic E-state index is 12.8. The third-order valence-electron chi connectivity index (χ3n) is 7.28. The van der Waals surface area contributed by atoms with Gasteiger partial charge in [0.25, 0.3) is 5.91 Å². The molecule has 1 amide bonds. The van der Waals surface area contributed by atoms with Gasteiger partial charge in [0, 0.05) is 38.0 Å². The Morgan fingerprint density at radius 2 is 1.86 bits per heavy atom. The first kappa shape index (κ1) is 26.5. The third-order valence-corrected chi connectivity index (χ3v) is 7.28. The monoisotopic (exact) mass is 506 g/mol. The molecule has 8 nitrogen and oxygen atoms in total. The van der Waals surface area contributed by atoms with Gasteiger partial charge in [-0.2, -0.15) is 0 Å². The average molecular weight is 507 g/mol. The Balaban J connectivity index is 1.53. The number of hydrogen-bond acceptors (Lipinski definition) is 6. The molecule has 0 radical (unpaired) electrons. The minimum absolute atomic E-state index is 0.0532. The van der Waals surface area contributed by atoms with Crippen molar-refractivity contribution in [2.24, 2.45) is 13.0 Å². The number of rotatable bonds is 10. The summed E-state index contributed by atoms with van der Waals surface area (Å²) in [4.78, 5) is 31.1. The van der Waals surface area contributed by atoms with E-state index < -0.39 is 0 Å². The summed E-state index contributed by atoms with van der Waals surface area (Å²) >= 11 is 0. The Bertz CT molecular complexity index is 1210. The van der Waals surface area contributed by atoms with Gasteiger partial charge in [-0.25, -0.2) is 4.98 Å². The maximum Gasteiger partial charge on any atom is 0.307 e. The lowest BCUT2D eigenvalue weighted by molar-refractivity contribution is -0.143. The van der Waals surface area contributed by atoms with Crippen LogP contribution in [0.5, 0.6) is 5.75 Å². The average Bonchev–Trinajstić information content (AvgIpc) is 3.26. The van der Waals surface area contributed by atoms with Crippen LogP contribution in [0.15, 0.2) is 42.5 Å². The fourth-order valence-corrected chi connectivity index (χ4v) is 5.16. The van der Waals surface area contributed by atoms with E-state index >= 15 is 0 Å². The summed E-state index contributed by atoms with van der Waals surface area (Å²) in [5.74, 6) is 1.88. The van der Waals surface area contributed by atoms with Crippen LogP contribution in [-0.4, -0.2) is 53.6 Å². The first-order valence-corrected chi connectivity index (χ1v) is 13.2. The number of nitrogens with zero attached hydrogens (tertiary/aromatic N) is 3. The minimum Gasteiger partial charge on any atom is -0.497 e. The molecular weight excluding hydrogens is 468 g/mol. The van der Waals surface area contributed by atoms with Crippen molar-refractivity contribution in [3.05, 3.63) is 53.9 Å². The number of fused-ring (bicyclic) bond motifs is 1. The SMILES string of the molecule is CCOC(=O)CCN(C)C(=O)c1ccc(NC(c2nc3ccc(OC)cc3n2C)C2CCCCC2)cc1. The Morgan fingerprint density at radius 3 is 2.54 bits per heavy atom. The summed E-state index contributed by atoms with van der Waals surface area (Å²) in [6, 6.07) is 13.6. The number of carbonyl (C=O) groups is 2. The number of ether oxygens (including phenoxy) is 2. The molecule has 1 heterocycles. The minimum atomic E-state index is -0.296. The van der Waals surface area contributed by atoms with Gasteiger partial charge in [-0.05, 0) is 62.1 Å². The molecule has 0 saturated heterocycles. The van der Waals surface area contributed by atoms with Gasteiger partial charge >= 0.3 is 5.97 Å². The van der Waals surface area contributed by atoms with E-state index in [9.17, 15) is 9.59 Å². The quantitative estimate of drug-likeness (QED) is 0.374. The summed E-state index contributed by atoms with van der Waals surface area (Å²) in [5.41, 5.74) is 3.53. The Labute approximate surface area is 219 Å². The van der Waals surface area contributed by atoms with Gasteiger partial charge in [-0.15, -0.1) is 0 Å². The molecule has 0 aliphatic heterocycles. The van der Waals surface area contributed by atoms with Crippen LogP contribution in [0.4, 0.5) is 5.69 Å². The lowest BCUT2D eigenvalue weighted by Gasteiger charge is -2.31. The van der Waals surface area contributed by atoms with Crippen LogP contribution in [-0.2, 0) is 16.6 Å². The summed E-state index contributed by atoms with van der Waals surface area (Å²) < 4.78 is 12.6. The van der Waals surface area contributed by atoms with Crippen molar-refractivity contribution in [3.8, 4) is 5.75 Å². The molecule has 1 aliphatic carbocycles. The second kappa shape index (κ2) is 12.1. The molecule has 8 heteroatoms. The van der Waals surface area contributed by atoms with Crippen LogP contribution in [0, 0.1) is 5.92 Å². The van der Waals surface area contributed by atoms with Crippen molar-refractivity contribution in [2.45, 2.75) is 51.5 Å². The van der Waals surface area contributed by atoms with Crippen LogP contribution in [0.25, 0.3) is 11.0 Å². The molecule has 1 N–H and O–H groups in total. The van der Waals surface area contributed by atoms with E-state index in [1.807, 2.05) is 42.5 Å². The number of esters is 1. The van der Waals surface area contributed by atoms with E-state index in [4.69, 9.17) is 14.5 Å². The highest BCUT2D eigenvalue weighted by atomic mass is 16.5. The zero-order valence-corrected chi connectivity index (χ0v) is 22.3. The van der Waals surface area contributed by atoms with E-state index in [0.717, 1.165) is 41.1 Å². The predicted octanol–water partition coefficient (Wildman–Crippen LogP) is 5.34. The third kappa shape index (κ3) is 6.24. The molecule has 0 bridgehead atoms. The first-order valence-electron chi connectivity index (χ1n) is 13.2. The normalized spacial score (nSPS) is 14.8. The van der Waals surface area contributed by atoms with Gasteiger partial charge in [0.05, 0.1) is 37.2 Å². The van der Waals surface area contributed by atoms with E-state index in [0.29, 0.717) is 24.6 Å². The van der Waals surface area contributed by atoms with Crippen LogP contribution < -0.4 is 10.1 Å². The van der Waals surface area contributed by atoms with Crippen molar-refractivity contribution in [1.82, 2.24) is 14.5 Å². The van der Waals surface area contributed by atoms with Gasteiger partial charge in [0.2, 0.25) is 0 Å². The lowest BCUT2D eigenvalue weighted by Crippen LogP contribution is -2.29. The molecule has 4 rings (SSSR count). The molecule has 1 unspecified atom stereocenters. The highest BCUT2D eigenvalue weighted by Crippen LogP contribution is 2.37. The molecule has 2 aromatic carbocycles. The largest absolute Gasteiger partial charge is 0.497 e. The standard InChI is InChI=1S/C29H38N4O4/c1-5-37-26(34)17-18-32(2)29(35)21-11-13-22(14-12-21)30-27(20-9-7-6-8-10-20)28-31-24-16-15-23(36-4)19-25(24)33(28)3/h11-16,19-20,27,30H,5-10,17-18H2,1-4H3. The topological polar surface area (TPSA) is 85.7 Å². The van der Waals surface area contributed by atoms with Crippen molar-refractivity contribution in [3.63, 3.8) is 0 Å². The molecule has 0 spiro atoms. The Hall–Kier alpha value is -3.55. The number of aromatic nitrogens is 2. The molecule has 1 fully saturated rings. The summed E-state index contributed by atoms with van der Waals surface area (Å²) in [7, 11) is 5.44. The van der Waals surface area contributed by atoms with Gasteiger partial charge in [-0.3, -0.25) is 9.59 Å². The molecule has 1 aliphatic rings. The Morgan fingerprint density at radius 1 is 1.14 bits per heavy atom. The number of amides is 1. The lowest BCUT2D eigenvalue weighted by atomic mass is 9.83. The fraction of sp³-hybridized carbons (Fsp3) is 0.483.